The third-order valence-electron chi connectivity index (χ3n) is 4.43. The zero-order valence-electron chi connectivity index (χ0n) is 15.9. The van der Waals surface area contributed by atoms with Crippen LogP contribution in [-0.4, -0.2) is 55.7 Å². The Morgan fingerprint density at radius 1 is 0.964 bits per heavy atom. The lowest BCUT2D eigenvalue weighted by atomic mass is 9.91. The van der Waals surface area contributed by atoms with Gasteiger partial charge in [0.05, 0.1) is 11.1 Å². The van der Waals surface area contributed by atoms with E-state index < -0.39 is 57.0 Å². The lowest BCUT2D eigenvalue weighted by molar-refractivity contribution is -0.803. The van der Waals surface area contributed by atoms with Crippen LogP contribution in [0.2, 0.25) is 0 Å². The van der Waals surface area contributed by atoms with Gasteiger partial charge in [0.15, 0.2) is 6.10 Å². The minimum atomic E-state index is -1.66. The Morgan fingerprint density at radius 2 is 1.46 bits per heavy atom. The van der Waals surface area contributed by atoms with Gasteiger partial charge in [-0.1, -0.05) is 6.92 Å². The molecule has 0 radical (unpaired) electrons. The fraction of sp³-hybridized carbons (Fsp3) is 0.923. The highest BCUT2D eigenvalue weighted by Gasteiger charge is 2.58. The summed E-state index contributed by atoms with van der Waals surface area (Å²) in [4.78, 5) is 63.9. The summed E-state index contributed by atoms with van der Waals surface area (Å²) in [6.45, 7) is 7.05. The molecule has 28 heavy (non-hydrogen) atoms. The van der Waals surface area contributed by atoms with Crippen LogP contribution in [-0.2, 0) is 24.1 Å². The van der Waals surface area contributed by atoms with Gasteiger partial charge in [0.1, 0.15) is 12.2 Å². The molecule has 1 rings (SSSR count). The molecule has 0 aromatic heterocycles. The average molecular weight is 410 g/mol. The van der Waals surface area contributed by atoms with Gasteiger partial charge in [-0.2, -0.15) is 0 Å². The van der Waals surface area contributed by atoms with Crippen LogP contribution >= 0.6 is 0 Å². The zero-order valence-corrected chi connectivity index (χ0v) is 15.9. The summed E-state index contributed by atoms with van der Waals surface area (Å²) < 4.78 is 0. The van der Waals surface area contributed by atoms with Crippen molar-refractivity contribution in [3.8, 4) is 0 Å². The number of hydrogen-bond donors (Lipinski definition) is 0. The van der Waals surface area contributed by atoms with E-state index in [1.807, 2.05) is 0 Å². The Hall–Kier alpha value is -2.97. The summed E-state index contributed by atoms with van der Waals surface area (Å²) >= 11 is 0. The molecular formula is C13H22N4O11. The normalized spacial score (nSPS) is 26.4. The second-order valence-electron chi connectivity index (χ2n) is 7.09. The van der Waals surface area contributed by atoms with Gasteiger partial charge in [-0.05, 0) is 27.7 Å². The van der Waals surface area contributed by atoms with E-state index in [2.05, 4.69) is 14.5 Å². The fourth-order valence-electron chi connectivity index (χ4n) is 3.24. The summed E-state index contributed by atoms with van der Waals surface area (Å²) in [7, 11) is 0. The van der Waals surface area contributed by atoms with E-state index in [9.17, 15) is 35.1 Å². The molecule has 0 aromatic rings. The second kappa shape index (κ2) is 8.37. The molecule has 1 fully saturated rings. The molecule has 0 aromatic carbocycles. The number of nitrogens with zero attached hydrogens (tertiary/aromatic N) is 4. The first-order valence-electron chi connectivity index (χ1n) is 8.18. The number of rotatable bonds is 8. The Kier molecular flexibility index (Phi) is 6.89. The van der Waals surface area contributed by atoms with Crippen molar-refractivity contribution in [1.29, 1.82) is 0 Å². The maximum absolute atomic E-state index is 11.9. The van der Waals surface area contributed by atoms with Crippen LogP contribution in [0.5, 0.6) is 0 Å². The smallest absolute Gasteiger partial charge is 0.324 e. The fourth-order valence-corrected chi connectivity index (χ4v) is 3.24. The molecule has 15 heteroatoms. The molecule has 0 amide bonds. The minimum absolute atomic E-state index is 0.0704. The highest BCUT2D eigenvalue weighted by molar-refractivity contribution is 5.68. The van der Waals surface area contributed by atoms with Gasteiger partial charge in [-0.15, -0.1) is 35.4 Å². The monoisotopic (exact) mass is 410 g/mol. The molecule has 1 saturated heterocycles. The van der Waals surface area contributed by atoms with Crippen molar-refractivity contribution in [3.63, 3.8) is 0 Å². The van der Waals surface area contributed by atoms with Crippen molar-refractivity contribution in [2.75, 3.05) is 0 Å². The standard InChI is InChI=1S/C13H22N4O11/c1-6-10(18)27-14-12(2,3)9(26-16(21)22)7-8(25-15(19)20)11(13(14,4)5)28-17(23)24/h8-9,11H,6-7H2,1-5H3. The molecule has 1 aliphatic rings. The van der Waals surface area contributed by atoms with E-state index in [1.54, 1.807) is 0 Å². The lowest BCUT2D eigenvalue weighted by Crippen LogP contribution is -2.64. The topological polar surface area (TPSA) is 187 Å². The van der Waals surface area contributed by atoms with Crippen molar-refractivity contribution in [2.45, 2.75) is 76.9 Å². The molecule has 0 bridgehead atoms. The van der Waals surface area contributed by atoms with Gasteiger partial charge < -0.3 is 19.4 Å². The van der Waals surface area contributed by atoms with Gasteiger partial charge in [0.25, 0.3) is 15.3 Å². The first-order valence-corrected chi connectivity index (χ1v) is 8.18. The molecule has 1 heterocycles. The molecule has 3 atom stereocenters. The number of hydrogen-bond acceptors (Lipinski definition) is 12. The van der Waals surface area contributed by atoms with E-state index in [-0.39, 0.29) is 6.42 Å². The lowest BCUT2D eigenvalue weighted by Gasteiger charge is -2.47. The SMILES string of the molecule is CCC(=O)ON1C(C)(C)C(O[N+](=O)[O-])CC(O[N+](=O)[O-])C(O[N+](=O)[O-])C1(C)C. The average Bonchev–Trinajstić information content (AvgIpc) is 2.58. The Bertz CT molecular complexity index is 638. The third-order valence-corrected chi connectivity index (χ3v) is 4.43. The van der Waals surface area contributed by atoms with Crippen LogP contribution in [0, 0.1) is 30.3 Å². The maximum atomic E-state index is 11.9. The molecule has 160 valence electrons. The Labute approximate surface area is 158 Å². The van der Waals surface area contributed by atoms with Crippen LogP contribution in [0.15, 0.2) is 0 Å². The van der Waals surface area contributed by atoms with Crippen molar-refractivity contribution in [3.05, 3.63) is 30.3 Å². The molecule has 0 aliphatic carbocycles. The predicted molar refractivity (Wildman–Crippen MR) is 86.6 cm³/mol. The Balaban J connectivity index is 3.57. The van der Waals surface area contributed by atoms with Crippen LogP contribution in [0.25, 0.3) is 0 Å². The van der Waals surface area contributed by atoms with E-state index >= 15 is 0 Å². The van der Waals surface area contributed by atoms with Crippen molar-refractivity contribution >= 4 is 5.97 Å². The van der Waals surface area contributed by atoms with E-state index in [1.165, 1.54) is 34.6 Å². The minimum Gasteiger partial charge on any atom is -0.367 e. The molecule has 0 N–H and O–H groups in total. The predicted octanol–water partition coefficient (Wildman–Crippen LogP) is 0.848. The van der Waals surface area contributed by atoms with Crippen LogP contribution in [0.3, 0.4) is 0 Å². The number of hydroxylamine groups is 2. The van der Waals surface area contributed by atoms with Gasteiger partial charge in [-0.25, -0.2) is 0 Å². The van der Waals surface area contributed by atoms with Crippen LogP contribution < -0.4 is 0 Å². The molecule has 0 spiro atoms. The molecular weight excluding hydrogens is 388 g/mol. The van der Waals surface area contributed by atoms with E-state index in [0.717, 1.165) is 5.06 Å². The van der Waals surface area contributed by atoms with Crippen molar-refractivity contribution in [1.82, 2.24) is 5.06 Å². The van der Waals surface area contributed by atoms with Crippen molar-refractivity contribution < 1.29 is 39.4 Å². The molecule has 3 unspecified atom stereocenters. The third kappa shape index (κ3) is 5.05. The summed E-state index contributed by atoms with van der Waals surface area (Å²) in [5.41, 5.74) is -3.04. The quantitative estimate of drug-likeness (QED) is 0.406. The first kappa shape index (κ1) is 23.1. The summed E-state index contributed by atoms with van der Waals surface area (Å²) in [5, 5.41) is 30.3. The van der Waals surface area contributed by atoms with Crippen molar-refractivity contribution in [2.24, 2.45) is 0 Å². The highest BCUT2D eigenvalue weighted by atomic mass is 17.0. The number of carbonyl (C=O) groups excluding carboxylic acids is 1. The van der Waals surface area contributed by atoms with Gasteiger partial charge in [0.2, 0.25) is 0 Å². The molecule has 1 aliphatic heterocycles. The first-order chi connectivity index (χ1) is 12.7. The van der Waals surface area contributed by atoms with Gasteiger partial charge in [-0.3, -0.25) is 4.79 Å². The molecule has 15 nitrogen and oxygen atoms in total. The summed E-state index contributed by atoms with van der Waals surface area (Å²) in [5.74, 6) is -0.741. The summed E-state index contributed by atoms with van der Waals surface area (Å²) in [6, 6.07) is 0. The van der Waals surface area contributed by atoms with E-state index in [4.69, 9.17) is 4.84 Å². The summed E-state index contributed by atoms with van der Waals surface area (Å²) in [6.07, 6.45) is -5.31. The highest BCUT2D eigenvalue weighted by Crippen LogP contribution is 2.41. The second-order valence-corrected chi connectivity index (χ2v) is 7.09. The van der Waals surface area contributed by atoms with Gasteiger partial charge in [0, 0.05) is 12.8 Å². The van der Waals surface area contributed by atoms with E-state index in [0.29, 0.717) is 0 Å². The maximum Gasteiger partial charge on any atom is 0.324 e. The van der Waals surface area contributed by atoms with Crippen LogP contribution in [0.4, 0.5) is 0 Å². The molecule has 0 saturated carbocycles. The zero-order chi connectivity index (χ0) is 21.9. The Morgan fingerprint density at radius 3 is 1.89 bits per heavy atom. The largest absolute Gasteiger partial charge is 0.367 e. The van der Waals surface area contributed by atoms with Gasteiger partial charge >= 0.3 is 5.97 Å². The van der Waals surface area contributed by atoms with Crippen LogP contribution in [0.1, 0.15) is 47.5 Å². The number of carbonyl (C=O) groups is 1.